The maximum Gasteiger partial charge on any atom is 0.159 e. The molecule has 0 unspecified atom stereocenters. The molecule has 0 N–H and O–H groups in total. The summed E-state index contributed by atoms with van der Waals surface area (Å²) >= 11 is 0. The molecule has 0 aliphatic heterocycles. The third-order valence-corrected chi connectivity index (χ3v) is 19.4. The van der Waals surface area contributed by atoms with Crippen molar-refractivity contribution in [2.24, 2.45) is 10.8 Å². The molecule has 0 spiro atoms. The Morgan fingerprint density at radius 2 is 0.885 bits per heavy atom. The van der Waals surface area contributed by atoms with Gasteiger partial charge in [0.15, 0.2) is 11.2 Å². The highest BCUT2D eigenvalue weighted by Gasteiger charge is 2.59. The van der Waals surface area contributed by atoms with Gasteiger partial charge in [-0.3, -0.25) is 0 Å². The first-order valence-electron chi connectivity index (χ1n) is 27.7. The van der Waals surface area contributed by atoms with Crippen LogP contribution in [0.1, 0.15) is 58.2 Å². The first kappa shape index (κ1) is 48.0. The first-order valence-corrected chi connectivity index (χ1v) is 31.2. The van der Waals surface area contributed by atoms with Crippen molar-refractivity contribution < 1.29 is 8.83 Å². The lowest BCUT2D eigenvalue weighted by Crippen LogP contribution is -2.50. The summed E-state index contributed by atoms with van der Waals surface area (Å²) in [6.45, 7) is 24.2. The second-order valence-corrected chi connectivity index (χ2v) is 30.1. The molecule has 78 heavy (non-hydrogen) atoms. The number of hydrogen-bond acceptors (Lipinski definition) is 4. The van der Waals surface area contributed by atoms with Gasteiger partial charge in [-0.05, 0) is 157 Å². The van der Waals surface area contributed by atoms with Gasteiger partial charge >= 0.3 is 0 Å². The Morgan fingerprint density at radius 1 is 0.397 bits per heavy atom. The Morgan fingerprint density at radius 3 is 1.45 bits per heavy atom. The molecule has 382 valence electrons. The van der Waals surface area contributed by atoms with Gasteiger partial charge in [0, 0.05) is 49.7 Å². The molecular formula is C73H64N2O2Si. The lowest BCUT2D eigenvalue weighted by atomic mass is 9.49. The predicted octanol–water partition coefficient (Wildman–Crippen LogP) is 21.1. The minimum atomic E-state index is -1.56. The number of benzene rings is 11. The molecule has 1 aliphatic carbocycles. The maximum absolute atomic E-state index is 6.80. The van der Waals surface area contributed by atoms with Crippen LogP contribution in [-0.2, 0) is 5.41 Å². The van der Waals surface area contributed by atoms with Crippen LogP contribution in [0.15, 0.2) is 215 Å². The average molecular weight is 1030 g/mol. The van der Waals surface area contributed by atoms with E-state index in [1.165, 1.54) is 65.3 Å². The van der Waals surface area contributed by atoms with Crippen LogP contribution >= 0.6 is 0 Å². The second-order valence-electron chi connectivity index (χ2n) is 25.0. The number of aryl methyl sites for hydroxylation is 1. The van der Waals surface area contributed by atoms with Gasteiger partial charge in [-0.15, -0.1) is 0 Å². The molecule has 0 saturated heterocycles. The van der Waals surface area contributed by atoms with Gasteiger partial charge in [0.2, 0.25) is 0 Å². The van der Waals surface area contributed by atoms with Gasteiger partial charge in [-0.25, -0.2) is 0 Å². The third-order valence-electron chi connectivity index (χ3n) is 17.3. The van der Waals surface area contributed by atoms with Gasteiger partial charge in [-0.2, -0.15) is 0 Å². The highest BCUT2D eigenvalue weighted by Crippen LogP contribution is 2.68. The fraction of sp³-hybridized carbons (Fsp3) is 0.178. The summed E-state index contributed by atoms with van der Waals surface area (Å²) in [6, 6.07) is 76.7. The van der Waals surface area contributed by atoms with Crippen LogP contribution in [0.3, 0.4) is 0 Å². The Kier molecular flexibility index (Phi) is 10.5. The number of rotatable bonds is 7. The number of fused-ring (bicyclic) bond motifs is 15. The average Bonchev–Trinajstić information content (AvgIpc) is 2.75. The summed E-state index contributed by atoms with van der Waals surface area (Å²) < 4.78 is 13.6. The normalized spacial score (nSPS) is 13.6. The van der Waals surface area contributed by atoms with E-state index in [-0.39, 0.29) is 10.8 Å². The van der Waals surface area contributed by atoms with Crippen molar-refractivity contribution in [3.8, 4) is 11.1 Å². The summed E-state index contributed by atoms with van der Waals surface area (Å²) in [5.74, 6) is 0. The van der Waals surface area contributed by atoms with E-state index in [0.717, 1.165) is 78.0 Å². The van der Waals surface area contributed by atoms with Crippen molar-refractivity contribution >= 4 is 124 Å². The van der Waals surface area contributed by atoms with Crippen molar-refractivity contribution in [1.82, 2.24) is 0 Å². The molecule has 13 aromatic rings. The smallest absolute Gasteiger partial charge is 0.159 e. The molecule has 2 aromatic heterocycles. The van der Waals surface area contributed by atoms with Crippen molar-refractivity contribution in [3.63, 3.8) is 0 Å². The van der Waals surface area contributed by atoms with Crippen LogP contribution in [0.4, 0.5) is 34.1 Å². The second kappa shape index (κ2) is 17.1. The lowest BCUT2D eigenvalue weighted by Gasteiger charge is -2.53. The van der Waals surface area contributed by atoms with E-state index in [9.17, 15) is 0 Å². The Balaban J connectivity index is 1.01. The van der Waals surface area contributed by atoms with Gasteiger partial charge in [0.25, 0.3) is 0 Å². The lowest BCUT2D eigenvalue weighted by molar-refractivity contribution is 0.0965. The summed E-state index contributed by atoms with van der Waals surface area (Å²) in [5, 5.41) is 13.4. The molecular weight excluding hydrogens is 965 g/mol. The largest absolute Gasteiger partial charge is 0.454 e. The third kappa shape index (κ3) is 7.03. The molecule has 0 atom stereocenters. The number of anilines is 6. The summed E-state index contributed by atoms with van der Waals surface area (Å²) in [5.41, 5.74) is 15.7. The molecule has 0 fully saturated rings. The van der Waals surface area contributed by atoms with E-state index in [1.807, 2.05) is 0 Å². The zero-order valence-electron chi connectivity index (χ0n) is 46.3. The highest BCUT2D eigenvalue weighted by molar-refractivity contribution is 6.88. The van der Waals surface area contributed by atoms with Crippen LogP contribution in [0.5, 0.6) is 0 Å². The van der Waals surface area contributed by atoms with E-state index in [0.29, 0.717) is 0 Å². The SMILES string of the molecule is Cc1ccc(N(c2ccc3c4c(c5ccccc5c3c2)-c2cc3ccc(N(c5ccc([Si](C)(C)C)cc5)c5cccc6c5oc5ccccc56)cc3cc2C4(C(C)(C)C)C(C)(C)C)c2cccc3c2oc2ccccc23)cc1. The Hall–Kier alpha value is -8.38. The molecule has 0 radical (unpaired) electrons. The van der Waals surface area contributed by atoms with Crippen molar-refractivity contribution in [2.45, 2.75) is 73.5 Å². The number of furan rings is 2. The molecule has 4 nitrogen and oxygen atoms in total. The van der Waals surface area contributed by atoms with Crippen molar-refractivity contribution in [1.29, 1.82) is 0 Å². The van der Waals surface area contributed by atoms with E-state index in [4.69, 9.17) is 8.83 Å². The molecule has 0 bridgehead atoms. The Bertz CT molecular complexity index is 4560. The van der Waals surface area contributed by atoms with Crippen LogP contribution in [0, 0.1) is 17.8 Å². The van der Waals surface area contributed by atoms with Crippen LogP contribution in [0.2, 0.25) is 19.6 Å². The fourth-order valence-corrected chi connectivity index (χ4v) is 15.4. The monoisotopic (exact) mass is 1030 g/mol. The summed E-state index contributed by atoms with van der Waals surface area (Å²) in [6.07, 6.45) is 0. The topological polar surface area (TPSA) is 32.8 Å². The molecule has 0 amide bonds. The van der Waals surface area contributed by atoms with Gasteiger partial charge in [0.1, 0.15) is 11.2 Å². The van der Waals surface area contributed by atoms with E-state index >= 15 is 0 Å². The quantitative estimate of drug-likeness (QED) is 0.118. The minimum Gasteiger partial charge on any atom is -0.454 e. The predicted molar refractivity (Wildman–Crippen MR) is 336 cm³/mol. The fourth-order valence-electron chi connectivity index (χ4n) is 14.2. The van der Waals surface area contributed by atoms with E-state index in [2.05, 4.69) is 284 Å². The van der Waals surface area contributed by atoms with Crippen LogP contribution < -0.4 is 15.0 Å². The minimum absolute atomic E-state index is 0.226. The zero-order chi connectivity index (χ0) is 53.6. The highest BCUT2D eigenvalue weighted by atomic mass is 28.3. The maximum atomic E-state index is 6.80. The molecule has 5 heteroatoms. The number of nitrogens with zero attached hydrogens (tertiary/aromatic N) is 2. The van der Waals surface area contributed by atoms with Crippen LogP contribution in [0.25, 0.3) is 87.3 Å². The molecule has 1 aliphatic rings. The number of para-hydroxylation sites is 4. The van der Waals surface area contributed by atoms with Crippen molar-refractivity contribution in [3.05, 3.63) is 223 Å². The molecule has 2 heterocycles. The Labute approximate surface area is 458 Å². The number of hydrogen-bond donors (Lipinski definition) is 0. The van der Waals surface area contributed by atoms with Gasteiger partial charge in [-0.1, -0.05) is 193 Å². The first-order chi connectivity index (χ1) is 37.5. The molecule has 14 rings (SSSR count). The molecule has 11 aromatic carbocycles. The van der Waals surface area contributed by atoms with Crippen molar-refractivity contribution in [2.75, 3.05) is 9.80 Å². The molecule has 0 saturated carbocycles. The summed E-state index contributed by atoms with van der Waals surface area (Å²) in [7, 11) is -1.56. The van der Waals surface area contributed by atoms with E-state index < -0.39 is 13.5 Å². The van der Waals surface area contributed by atoms with Gasteiger partial charge in [0.05, 0.1) is 19.4 Å². The summed E-state index contributed by atoms with van der Waals surface area (Å²) in [4.78, 5) is 4.80. The van der Waals surface area contributed by atoms with Crippen LogP contribution in [-0.4, -0.2) is 8.07 Å². The zero-order valence-corrected chi connectivity index (χ0v) is 47.3. The van der Waals surface area contributed by atoms with Gasteiger partial charge < -0.3 is 18.6 Å². The standard InChI is InChI=1S/C73H64N2O2Si/c1-45-29-32-48(33-30-45)75(64-26-18-24-59-55-21-14-16-28-66(55)77-70(59)64)51-37-40-57-60(44-51)53-19-11-12-22-56(53)67-61-42-46-31-34-50(41-47(46)43-62(61)73(68(57)67,71(2,3)4)72(5,6)7)74(49-35-38-52(39-36-49)78(8,9)10)63-25-17-23-58-54-20-13-15-27-65(54)76-69(58)63/h11-44H,1-10H3. The van der Waals surface area contributed by atoms with E-state index in [1.54, 1.807) is 0 Å².